The molecule has 0 radical (unpaired) electrons. The second kappa shape index (κ2) is 5.24. The van der Waals surface area contributed by atoms with Gasteiger partial charge < -0.3 is 4.90 Å². The van der Waals surface area contributed by atoms with Crippen LogP contribution in [0.3, 0.4) is 0 Å². The largest absolute Gasteiger partial charge is 0.306 e. The molecule has 0 spiro atoms. The molecule has 0 saturated carbocycles. The number of aryl methyl sites for hydroxylation is 1. The third-order valence-corrected chi connectivity index (χ3v) is 3.20. The van der Waals surface area contributed by atoms with Crippen LogP contribution in [-0.4, -0.2) is 35.0 Å². The lowest BCUT2D eigenvalue weighted by Gasteiger charge is -2.29. The second-order valence-electron chi connectivity index (χ2n) is 4.79. The van der Waals surface area contributed by atoms with E-state index in [1.807, 2.05) is 6.92 Å². The van der Waals surface area contributed by atoms with Crippen molar-refractivity contribution in [1.29, 1.82) is 5.26 Å². The van der Waals surface area contributed by atoms with Gasteiger partial charge in [-0.1, -0.05) is 0 Å². The maximum atomic E-state index is 8.72. The molecule has 1 aliphatic rings. The van der Waals surface area contributed by atoms with E-state index in [0.717, 1.165) is 17.9 Å². The minimum absolute atomic E-state index is 0.303. The lowest BCUT2D eigenvalue weighted by molar-refractivity contribution is 0.248. The van der Waals surface area contributed by atoms with E-state index in [4.69, 9.17) is 5.26 Å². The molecule has 2 rings (SSSR count). The smallest absolute Gasteiger partial charge is 0.142 e. The SMILES string of the molecule is Cc1cc(C2CCCN(C)C2)nc(CC#N)n1. The van der Waals surface area contributed by atoms with E-state index in [9.17, 15) is 0 Å². The van der Waals surface area contributed by atoms with Crippen LogP contribution in [0, 0.1) is 18.3 Å². The summed E-state index contributed by atoms with van der Waals surface area (Å²) in [5.74, 6) is 1.16. The summed E-state index contributed by atoms with van der Waals surface area (Å²) in [4.78, 5) is 11.2. The van der Waals surface area contributed by atoms with Crippen molar-refractivity contribution in [3.8, 4) is 6.07 Å². The fourth-order valence-electron chi connectivity index (χ4n) is 2.42. The Morgan fingerprint density at radius 2 is 2.35 bits per heavy atom. The minimum Gasteiger partial charge on any atom is -0.306 e. The normalized spacial score (nSPS) is 21.1. The third-order valence-electron chi connectivity index (χ3n) is 3.20. The van der Waals surface area contributed by atoms with Gasteiger partial charge in [-0.3, -0.25) is 0 Å². The van der Waals surface area contributed by atoms with Crippen LogP contribution in [0.4, 0.5) is 0 Å². The van der Waals surface area contributed by atoms with Crippen molar-refractivity contribution in [3.63, 3.8) is 0 Å². The van der Waals surface area contributed by atoms with Gasteiger partial charge in [-0.2, -0.15) is 5.26 Å². The quantitative estimate of drug-likeness (QED) is 0.775. The summed E-state index contributed by atoms with van der Waals surface area (Å²) in [6.07, 6.45) is 2.71. The molecule has 0 N–H and O–H groups in total. The molecule has 1 atom stereocenters. The Hall–Kier alpha value is -1.47. The molecule has 0 bridgehead atoms. The van der Waals surface area contributed by atoms with E-state index in [2.05, 4.69) is 34.1 Å². The molecule has 4 heteroatoms. The van der Waals surface area contributed by atoms with Crippen LogP contribution in [0.1, 0.15) is 36.0 Å². The van der Waals surface area contributed by atoms with Crippen molar-refractivity contribution in [3.05, 3.63) is 23.3 Å². The van der Waals surface area contributed by atoms with Crippen LogP contribution in [0.5, 0.6) is 0 Å². The molecule has 1 saturated heterocycles. The van der Waals surface area contributed by atoms with Gasteiger partial charge >= 0.3 is 0 Å². The van der Waals surface area contributed by atoms with E-state index in [1.165, 1.54) is 19.4 Å². The van der Waals surface area contributed by atoms with Crippen LogP contribution < -0.4 is 0 Å². The minimum atomic E-state index is 0.303. The summed E-state index contributed by atoms with van der Waals surface area (Å²) in [5, 5.41) is 8.72. The number of likely N-dealkylation sites (N-methyl/N-ethyl adjacent to an activating group) is 1. The van der Waals surface area contributed by atoms with Crippen molar-refractivity contribution >= 4 is 0 Å². The Kier molecular flexibility index (Phi) is 3.70. The van der Waals surface area contributed by atoms with Crippen molar-refractivity contribution in [2.75, 3.05) is 20.1 Å². The molecular formula is C13H18N4. The van der Waals surface area contributed by atoms with Gasteiger partial charge in [-0.15, -0.1) is 0 Å². The number of nitriles is 1. The molecule has 0 aliphatic carbocycles. The first-order valence-electron chi connectivity index (χ1n) is 6.09. The van der Waals surface area contributed by atoms with Gasteiger partial charge in [0.15, 0.2) is 0 Å². The van der Waals surface area contributed by atoms with Crippen molar-refractivity contribution in [2.24, 2.45) is 0 Å². The first-order valence-corrected chi connectivity index (χ1v) is 6.09. The zero-order valence-corrected chi connectivity index (χ0v) is 10.5. The maximum absolute atomic E-state index is 8.72. The number of rotatable bonds is 2. The van der Waals surface area contributed by atoms with Gasteiger partial charge in [0, 0.05) is 23.9 Å². The van der Waals surface area contributed by atoms with Gasteiger partial charge in [-0.25, -0.2) is 9.97 Å². The average Bonchev–Trinajstić information content (AvgIpc) is 2.28. The highest BCUT2D eigenvalue weighted by Crippen LogP contribution is 2.25. The number of piperidine rings is 1. The fraction of sp³-hybridized carbons (Fsp3) is 0.615. The molecule has 1 aromatic heterocycles. The number of hydrogen-bond donors (Lipinski definition) is 0. The summed E-state index contributed by atoms with van der Waals surface area (Å²) in [7, 11) is 2.15. The van der Waals surface area contributed by atoms with E-state index < -0.39 is 0 Å². The van der Waals surface area contributed by atoms with Crippen LogP contribution in [-0.2, 0) is 6.42 Å². The van der Waals surface area contributed by atoms with Gasteiger partial charge in [-0.05, 0) is 39.4 Å². The maximum Gasteiger partial charge on any atom is 0.142 e. The van der Waals surface area contributed by atoms with Crippen LogP contribution >= 0.6 is 0 Å². The summed E-state index contributed by atoms with van der Waals surface area (Å²) >= 11 is 0. The topological polar surface area (TPSA) is 52.8 Å². The Bertz CT molecular complexity index is 436. The average molecular weight is 230 g/mol. The molecule has 4 nitrogen and oxygen atoms in total. The summed E-state index contributed by atoms with van der Waals surface area (Å²) in [5.41, 5.74) is 2.07. The van der Waals surface area contributed by atoms with E-state index in [-0.39, 0.29) is 0 Å². The highest BCUT2D eigenvalue weighted by atomic mass is 15.1. The molecule has 90 valence electrons. The molecule has 2 heterocycles. The first kappa shape index (κ1) is 12.0. The van der Waals surface area contributed by atoms with Gasteiger partial charge in [0.2, 0.25) is 0 Å². The molecule has 0 amide bonds. The predicted molar refractivity (Wildman–Crippen MR) is 65.6 cm³/mol. The lowest BCUT2D eigenvalue weighted by atomic mass is 9.94. The zero-order chi connectivity index (χ0) is 12.3. The summed E-state index contributed by atoms with van der Waals surface area (Å²) in [6, 6.07) is 4.17. The third kappa shape index (κ3) is 3.01. The summed E-state index contributed by atoms with van der Waals surface area (Å²) in [6.45, 7) is 4.20. The second-order valence-corrected chi connectivity index (χ2v) is 4.79. The van der Waals surface area contributed by atoms with E-state index in [1.54, 1.807) is 0 Å². The number of hydrogen-bond acceptors (Lipinski definition) is 4. The Morgan fingerprint density at radius 1 is 1.53 bits per heavy atom. The van der Waals surface area contributed by atoms with Crippen LogP contribution in [0.2, 0.25) is 0 Å². The van der Waals surface area contributed by atoms with Crippen molar-refractivity contribution in [2.45, 2.75) is 32.1 Å². The van der Waals surface area contributed by atoms with Gasteiger partial charge in [0.1, 0.15) is 5.82 Å². The zero-order valence-electron chi connectivity index (χ0n) is 10.5. The lowest BCUT2D eigenvalue weighted by Crippen LogP contribution is -2.31. The molecule has 1 aliphatic heterocycles. The van der Waals surface area contributed by atoms with E-state index >= 15 is 0 Å². The molecule has 1 fully saturated rings. The Labute approximate surface area is 102 Å². The summed E-state index contributed by atoms with van der Waals surface area (Å²) < 4.78 is 0. The van der Waals surface area contributed by atoms with E-state index in [0.29, 0.717) is 18.2 Å². The Balaban J connectivity index is 2.22. The fourth-order valence-corrected chi connectivity index (χ4v) is 2.42. The number of aromatic nitrogens is 2. The highest BCUT2D eigenvalue weighted by Gasteiger charge is 2.20. The molecule has 1 unspecified atom stereocenters. The molecule has 1 aromatic rings. The number of nitrogens with zero attached hydrogens (tertiary/aromatic N) is 4. The predicted octanol–water partition coefficient (Wildman–Crippen LogP) is 1.66. The van der Waals surface area contributed by atoms with Crippen molar-refractivity contribution < 1.29 is 0 Å². The van der Waals surface area contributed by atoms with Crippen LogP contribution in [0.15, 0.2) is 6.07 Å². The molecule has 17 heavy (non-hydrogen) atoms. The first-order chi connectivity index (χ1) is 8.19. The van der Waals surface area contributed by atoms with Crippen molar-refractivity contribution in [1.82, 2.24) is 14.9 Å². The van der Waals surface area contributed by atoms with Gasteiger partial charge in [0.25, 0.3) is 0 Å². The molecule has 0 aromatic carbocycles. The van der Waals surface area contributed by atoms with Gasteiger partial charge in [0.05, 0.1) is 12.5 Å². The van der Waals surface area contributed by atoms with Crippen LogP contribution in [0.25, 0.3) is 0 Å². The molecular weight excluding hydrogens is 212 g/mol. The Morgan fingerprint density at radius 3 is 3.06 bits per heavy atom. The highest BCUT2D eigenvalue weighted by molar-refractivity contribution is 5.16. The number of likely N-dealkylation sites (tertiary alicyclic amines) is 1. The standard InChI is InChI=1S/C13H18N4/c1-10-8-12(16-13(15-10)5-6-14)11-4-3-7-17(2)9-11/h8,11H,3-5,7,9H2,1-2H3. The monoisotopic (exact) mass is 230 g/mol.